The van der Waals surface area contributed by atoms with Crippen molar-refractivity contribution in [1.82, 2.24) is 0 Å². The normalized spacial score (nSPS) is 17.8. The summed E-state index contributed by atoms with van der Waals surface area (Å²) in [6.45, 7) is 1.81. The van der Waals surface area contributed by atoms with Gasteiger partial charge in [-0.25, -0.2) is 16.8 Å². The maximum Gasteiger partial charge on any atom is 0.252 e. The lowest BCUT2D eigenvalue weighted by Gasteiger charge is -2.34. The van der Waals surface area contributed by atoms with Gasteiger partial charge in [0.25, 0.3) is 5.24 Å². The minimum absolute atomic E-state index is 0.107. The summed E-state index contributed by atoms with van der Waals surface area (Å²) in [5, 5.41) is -0.743. The Labute approximate surface area is 149 Å². The number of halogens is 1. The third-order valence-corrected chi connectivity index (χ3v) is 7.46. The summed E-state index contributed by atoms with van der Waals surface area (Å²) in [7, 11) is -6.58. The molecule has 1 aliphatic carbocycles. The summed E-state index contributed by atoms with van der Waals surface area (Å²) >= 11 is 5.59. The van der Waals surface area contributed by atoms with Crippen molar-refractivity contribution in [3.05, 3.63) is 28.8 Å². The summed E-state index contributed by atoms with van der Waals surface area (Å²) < 4.78 is 47.6. The predicted molar refractivity (Wildman–Crippen MR) is 94.2 cm³/mol. The summed E-state index contributed by atoms with van der Waals surface area (Å²) in [6, 6.07) is 2.80. The molecule has 0 bridgehead atoms. The molecule has 0 atom stereocenters. The Morgan fingerprint density at radius 1 is 1.21 bits per heavy atom. The molecule has 0 radical (unpaired) electrons. The van der Waals surface area contributed by atoms with Crippen molar-refractivity contribution in [1.29, 1.82) is 0 Å². The Morgan fingerprint density at radius 3 is 2.21 bits per heavy atom. The minimum atomic E-state index is -3.71. The summed E-state index contributed by atoms with van der Waals surface area (Å²) in [5.74, 6) is 0. The van der Waals surface area contributed by atoms with E-state index in [1.54, 1.807) is 6.07 Å². The Balaban J connectivity index is 2.87. The van der Waals surface area contributed by atoms with Crippen LogP contribution >= 0.6 is 11.6 Å². The van der Waals surface area contributed by atoms with Crippen molar-refractivity contribution in [2.24, 2.45) is 0 Å². The minimum Gasteiger partial charge on any atom is -0.276 e. The molecule has 5 nitrogen and oxygen atoms in total. The molecule has 1 aromatic carbocycles. The van der Waals surface area contributed by atoms with Crippen LogP contribution in [0.3, 0.4) is 0 Å². The van der Waals surface area contributed by atoms with E-state index in [9.17, 15) is 21.6 Å². The van der Waals surface area contributed by atoms with Crippen LogP contribution in [0.5, 0.6) is 0 Å². The lowest BCUT2D eigenvalue weighted by Crippen LogP contribution is -2.33. The zero-order chi connectivity index (χ0) is 18.1. The monoisotopic (exact) mass is 392 g/mol. The highest BCUT2D eigenvalue weighted by atomic mass is 35.5. The van der Waals surface area contributed by atoms with Crippen molar-refractivity contribution in [2.75, 3.05) is 6.26 Å². The number of carbonyl (C=O) groups is 1. The first-order valence-electron chi connectivity index (χ1n) is 7.85. The van der Waals surface area contributed by atoms with Gasteiger partial charge in [0.1, 0.15) is 10.7 Å². The maximum atomic E-state index is 12.3. The van der Waals surface area contributed by atoms with E-state index in [0.29, 0.717) is 30.4 Å². The number of hydrogen-bond donors (Lipinski definition) is 1. The van der Waals surface area contributed by atoms with Crippen LogP contribution in [0, 0.1) is 0 Å². The first-order chi connectivity index (χ1) is 11.1. The van der Waals surface area contributed by atoms with E-state index in [1.807, 2.05) is 6.92 Å². The zero-order valence-electron chi connectivity index (χ0n) is 13.7. The molecule has 0 amide bonds. The van der Waals surface area contributed by atoms with E-state index in [1.165, 1.54) is 6.07 Å². The fourth-order valence-electron chi connectivity index (χ4n) is 3.46. The van der Waals surface area contributed by atoms with Gasteiger partial charge in [0.15, 0.2) is 9.84 Å². The van der Waals surface area contributed by atoms with Gasteiger partial charge in [-0.05, 0) is 48.1 Å². The van der Waals surface area contributed by atoms with Crippen LogP contribution in [0.15, 0.2) is 17.0 Å². The topological polar surface area (TPSA) is 85.3 Å². The quantitative estimate of drug-likeness (QED) is 0.615. The van der Waals surface area contributed by atoms with Crippen molar-refractivity contribution in [2.45, 2.75) is 55.1 Å². The molecule has 1 aromatic rings. The number of thiol groups is 1. The molecule has 24 heavy (non-hydrogen) atoms. The first-order valence-corrected chi connectivity index (χ1v) is 11.3. The van der Waals surface area contributed by atoms with Crippen molar-refractivity contribution in [3.8, 4) is 0 Å². The molecule has 1 saturated carbocycles. The third kappa shape index (κ3) is 3.53. The molecule has 0 spiro atoms. The molecule has 1 aliphatic rings. The van der Waals surface area contributed by atoms with Gasteiger partial charge < -0.3 is 0 Å². The molecule has 0 N–H and O–H groups in total. The van der Waals surface area contributed by atoms with Gasteiger partial charge in [-0.3, -0.25) is 4.79 Å². The number of benzene rings is 1. The van der Waals surface area contributed by atoms with Crippen molar-refractivity contribution in [3.63, 3.8) is 0 Å². The largest absolute Gasteiger partial charge is 0.276 e. The third-order valence-electron chi connectivity index (χ3n) is 4.73. The number of sulfone groups is 1. The zero-order valence-corrected chi connectivity index (χ0v) is 16.1. The van der Waals surface area contributed by atoms with Crippen molar-refractivity contribution >= 4 is 37.4 Å². The van der Waals surface area contributed by atoms with Crippen LogP contribution in [0.2, 0.25) is 0 Å². The summed E-state index contributed by atoms with van der Waals surface area (Å²) in [5.41, 5.74) is 0.981. The van der Waals surface area contributed by atoms with Crippen LogP contribution in [-0.2, 0) is 31.7 Å². The van der Waals surface area contributed by atoms with Gasteiger partial charge in [0.05, 0.1) is 9.64 Å². The molecular weight excluding hydrogens is 372 g/mol. The molecule has 0 saturated heterocycles. The maximum absolute atomic E-state index is 12.3. The highest BCUT2D eigenvalue weighted by Crippen LogP contribution is 2.44. The SMILES string of the molecule is CCc1cc(C2([SH](=O)=O)CCCCC2)c(S(C)(=O)=O)cc1C(=O)Cl. The number of hydrogen-bond acceptors (Lipinski definition) is 5. The van der Waals surface area contributed by atoms with Gasteiger partial charge in [-0.15, -0.1) is 0 Å². The highest BCUT2D eigenvalue weighted by Gasteiger charge is 2.41. The Hall–Kier alpha value is -0.920. The second-order valence-electron chi connectivity index (χ2n) is 6.25. The molecule has 134 valence electrons. The lowest BCUT2D eigenvalue weighted by molar-refractivity contribution is 0.108. The van der Waals surface area contributed by atoms with Gasteiger partial charge >= 0.3 is 0 Å². The average molecular weight is 393 g/mol. The van der Waals surface area contributed by atoms with E-state index >= 15 is 0 Å². The fraction of sp³-hybridized carbons (Fsp3) is 0.562. The fourth-order valence-corrected chi connectivity index (χ4v) is 5.76. The van der Waals surface area contributed by atoms with E-state index in [4.69, 9.17) is 11.6 Å². The molecule has 1 fully saturated rings. The Bertz CT molecular complexity index is 826. The second-order valence-corrected chi connectivity index (χ2v) is 9.95. The number of carbonyl (C=O) groups excluding carboxylic acids is 1. The van der Waals surface area contributed by atoms with E-state index in [2.05, 4.69) is 0 Å². The van der Waals surface area contributed by atoms with Gasteiger partial charge in [0, 0.05) is 11.8 Å². The average Bonchev–Trinajstić information content (AvgIpc) is 2.53. The van der Waals surface area contributed by atoms with Crippen LogP contribution < -0.4 is 0 Å². The van der Waals surface area contributed by atoms with Crippen LogP contribution in [0.25, 0.3) is 0 Å². The summed E-state index contributed by atoms with van der Waals surface area (Å²) in [6.07, 6.45) is 4.65. The number of rotatable bonds is 5. The molecule has 0 aliphatic heterocycles. The summed E-state index contributed by atoms with van der Waals surface area (Å²) in [4.78, 5) is 11.6. The second kappa shape index (κ2) is 7.14. The Morgan fingerprint density at radius 2 is 1.79 bits per heavy atom. The molecule has 8 heteroatoms. The van der Waals surface area contributed by atoms with Gasteiger partial charge in [0.2, 0.25) is 0 Å². The van der Waals surface area contributed by atoms with E-state index in [-0.39, 0.29) is 10.5 Å². The van der Waals surface area contributed by atoms with Gasteiger partial charge in [-0.1, -0.05) is 32.3 Å². The van der Waals surface area contributed by atoms with E-state index < -0.39 is 30.5 Å². The first kappa shape index (κ1) is 19.4. The molecular formula is C16H21ClO5S2. The van der Waals surface area contributed by atoms with Gasteiger partial charge in [-0.2, -0.15) is 0 Å². The Kier molecular flexibility index (Phi) is 5.77. The highest BCUT2D eigenvalue weighted by molar-refractivity contribution is 7.90. The molecule has 2 rings (SSSR count). The predicted octanol–water partition coefficient (Wildman–Crippen LogP) is 2.80. The van der Waals surface area contributed by atoms with Crippen molar-refractivity contribution < 1.29 is 21.6 Å². The van der Waals surface area contributed by atoms with E-state index in [0.717, 1.165) is 25.5 Å². The molecule has 0 aromatic heterocycles. The molecule has 0 heterocycles. The van der Waals surface area contributed by atoms with Crippen LogP contribution in [0.4, 0.5) is 0 Å². The van der Waals surface area contributed by atoms with Crippen LogP contribution in [0.1, 0.15) is 60.5 Å². The number of aryl methyl sites for hydroxylation is 1. The standard InChI is InChI=1S/C16H21ClO5S2/c1-3-11-9-13(16(23(19)20)7-5-4-6-8-16)14(24(2,21)22)10-12(11)15(17)18/h9-10,23H,3-8H2,1-2H3. The lowest BCUT2D eigenvalue weighted by atomic mass is 9.81. The van der Waals surface area contributed by atoms with Crippen LogP contribution in [-0.4, -0.2) is 28.3 Å². The smallest absolute Gasteiger partial charge is 0.252 e. The molecule has 0 unspecified atom stereocenters.